The third kappa shape index (κ3) is 3.67. The summed E-state index contributed by atoms with van der Waals surface area (Å²) < 4.78 is 5.62. The first kappa shape index (κ1) is 14.3. The van der Waals surface area contributed by atoms with Crippen molar-refractivity contribution in [2.45, 2.75) is 25.7 Å². The Labute approximate surface area is 111 Å². The van der Waals surface area contributed by atoms with E-state index in [4.69, 9.17) is 9.84 Å². The van der Waals surface area contributed by atoms with E-state index in [-0.39, 0.29) is 0 Å². The van der Waals surface area contributed by atoms with Crippen molar-refractivity contribution in [2.75, 3.05) is 53.0 Å². The quantitative estimate of drug-likeness (QED) is 0.734. The van der Waals surface area contributed by atoms with E-state index in [0.29, 0.717) is 17.9 Å². The lowest BCUT2D eigenvalue weighted by Gasteiger charge is -2.39. The summed E-state index contributed by atoms with van der Waals surface area (Å²) in [4.78, 5) is 2.59. The minimum absolute atomic E-state index is 0.315. The molecule has 2 unspecified atom stereocenters. The van der Waals surface area contributed by atoms with Crippen molar-refractivity contribution in [1.29, 1.82) is 0 Å². The fourth-order valence-corrected chi connectivity index (χ4v) is 3.53. The van der Waals surface area contributed by atoms with Gasteiger partial charge in [-0.15, -0.1) is 0 Å². The Hall–Kier alpha value is -0.160. The second-order valence-corrected chi connectivity index (χ2v) is 6.09. The van der Waals surface area contributed by atoms with E-state index in [0.717, 1.165) is 39.3 Å². The molecule has 2 N–H and O–H groups in total. The van der Waals surface area contributed by atoms with Crippen LogP contribution < -0.4 is 5.32 Å². The number of hydrogen-bond donors (Lipinski definition) is 2. The van der Waals surface area contributed by atoms with Crippen LogP contribution in [0.15, 0.2) is 0 Å². The van der Waals surface area contributed by atoms with Gasteiger partial charge in [-0.05, 0) is 45.2 Å². The van der Waals surface area contributed by atoms with Gasteiger partial charge < -0.3 is 20.1 Å². The van der Waals surface area contributed by atoms with Crippen molar-refractivity contribution >= 4 is 0 Å². The molecule has 0 bridgehead atoms. The van der Waals surface area contributed by atoms with Crippen molar-refractivity contribution in [3.8, 4) is 0 Å². The van der Waals surface area contributed by atoms with E-state index in [1.54, 1.807) is 0 Å². The molecule has 4 nitrogen and oxygen atoms in total. The van der Waals surface area contributed by atoms with Crippen LogP contribution in [0.3, 0.4) is 0 Å². The van der Waals surface area contributed by atoms with Crippen LogP contribution in [-0.2, 0) is 4.74 Å². The van der Waals surface area contributed by atoms with Gasteiger partial charge >= 0.3 is 0 Å². The number of nitrogens with zero attached hydrogens (tertiary/aromatic N) is 1. The predicted molar refractivity (Wildman–Crippen MR) is 72.7 cm³/mol. The summed E-state index contributed by atoms with van der Waals surface area (Å²) in [5.74, 6) is 0.692. The summed E-state index contributed by atoms with van der Waals surface area (Å²) in [6.45, 7) is 6.72. The second-order valence-electron chi connectivity index (χ2n) is 6.09. The number of hydrogen-bond acceptors (Lipinski definition) is 4. The molecule has 106 valence electrons. The molecule has 2 atom stereocenters. The van der Waals surface area contributed by atoms with Gasteiger partial charge in [-0.1, -0.05) is 0 Å². The standard InChI is InChI=1S/C14H28N2O2/c1-15-10-14(5-8-18-12-14)11-16-6-2-3-13(9-16)4-7-17/h13,15,17H,2-12H2,1H3. The molecule has 2 heterocycles. The first-order valence-corrected chi connectivity index (χ1v) is 7.33. The van der Waals surface area contributed by atoms with E-state index in [1.165, 1.54) is 25.8 Å². The average Bonchev–Trinajstić information content (AvgIpc) is 2.79. The Morgan fingerprint density at radius 1 is 1.50 bits per heavy atom. The summed E-state index contributed by atoms with van der Waals surface area (Å²) in [5.41, 5.74) is 0.315. The minimum Gasteiger partial charge on any atom is -0.396 e. The Kier molecular flexibility index (Phi) is 5.42. The molecule has 0 aromatic rings. The number of ether oxygens (including phenoxy) is 1. The van der Waals surface area contributed by atoms with Crippen molar-refractivity contribution in [2.24, 2.45) is 11.3 Å². The van der Waals surface area contributed by atoms with Crippen LogP contribution >= 0.6 is 0 Å². The summed E-state index contributed by atoms with van der Waals surface area (Å²) in [6, 6.07) is 0. The van der Waals surface area contributed by atoms with Crippen molar-refractivity contribution in [1.82, 2.24) is 10.2 Å². The zero-order valence-electron chi connectivity index (χ0n) is 11.7. The van der Waals surface area contributed by atoms with Crippen LogP contribution in [0.5, 0.6) is 0 Å². The summed E-state index contributed by atoms with van der Waals surface area (Å²) in [7, 11) is 2.03. The van der Waals surface area contributed by atoms with Gasteiger partial charge in [0.25, 0.3) is 0 Å². The zero-order valence-corrected chi connectivity index (χ0v) is 11.7. The molecule has 0 aromatic carbocycles. The monoisotopic (exact) mass is 256 g/mol. The van der Waals surface area contributed by atoms with Crippen molar-refractivity contribution < 1.29 is 9.84 Å². The molecule has 0 aromatic heterocycles. The van der Waals surface area contributed by atoms with E-state index < -0.39 is 0 Å². The molecule has 2 fully saturated rings. The largest absolute Gasteiger partial charge is 0.396 e. The number of aliphatic hydroxyl groups excluding tert-OH is 1. The first-order valence-electron chi connectivity index (χ1n) is 7.33. The Morgan fingerprint density at radius 2 is 2.39 bits per heavy atom. The molecule has 0 aliphatic carbocycles. The topological polar surface area (TPSA) is 44.7 Å². The minimum atomic E-state index is 0.315. The summed E-state index contributed by atoms with van der Waals surface area (Å²) in [6.07, 6.45) is 4.70. The van der Waals surface area contributed by atoms with Gasteiger partial charge in [-0.3, -0.25) is 0 Å². The molecule has 0 spiro atoms. The van der Waals surface area contributed by atoms with E-state index in [9.17, 15) is 0 Å². The summed E-state index contributed by atoms with van der Waals surface area (Å²) in [5, 5.41) is 12.4. The van der Waals surface area contributed by atoms with Crippen LogP contribution in [-0.4, -0.2) is 63.1 Å². The number of nitrogens with one attached hydrogen (secondary N) is 1. The van der Waals surface area contributed by atoms with Gasteiger partial charge in [0, 0.05) is 38.3 Å². The van der Waals surface area contributed by atoms with Crippen molar-refractivity contribution in [3.05, 3.63) is 0 Å². The van der Waals surface area contributed by atoms with Gasteiger partial charge in [-0.25, -0.2) is 0 Å². The van der Waals surface area contributed by atoms with E-state index in [1.807, 2.05) is 7.05 Å². The van der Waals surface area contributed by atoms with Gasteiger partial charge in [0.2, 0.25) is 0 Å². The lowest BCUT2D eigenvalue weighted by atomic mass is 9.85. The van der Waals surface area contributed by atoms with Crippen molar-refractivity contribution in [3.63, 3.8) is 0 Å². The Balaban J connectivity index is 1.86. The van der Waals surface area contributed by atoms with Crippen LogP contribution in [0, 0.1) is 11.3 Å². The molecule has 2 aliphatic rings. The Morgan fingerprint density at radius 3 is 3.06 bits per heavy atom. The molecular formula is C14H28N2O2. The average molecular weight is 256 g/mol. The van der Waals surface area contributed by atoms with Gasteiger partial charge in [0.05, 0.1) is 6.61 Å². The van der Waals surface area contributed by atoms with Gasteiger partial charge in [-0.2, -0.15) is 0 Å². The highest BCUT2D eigenvalue weighted by molar-refractivity contribution is 4.89. The third-order valence-corrected chi connectivity index (χ3v) is 4.44. The zero-order chi connectivity index (χ0) is 12.8. The Bertz CT molecular complexity index is 240. The highest BCUT2D eigenvalue weighted by Gasteiger charge is 2.37. The SMILES string of the molecule is CNCC1(CN2CCCC(CCO)C2)CCOC1. The smallest absolute Gasteiger partial charge is 0.0547 e. The molecule has 18 heavy (non-hydrogen) atoms. The lowest BCUT2D eigenvalue weighted by Crippen LogP contribution is -2.47. The molecule has 0 radical (unpaired) electrons. The molecule has 4 heteroatoms. The van der Waals surface area contributed by atoms with Crippen LogP contribution in [0.2, 0.25) is 0 Å². The maximum atomic E-state index is 9.08. The molecule has 2 saturated heterocycles. The van der Waals surface area contributed by atoms with Crippen LogP contribution in [0.25, 0.3) is 0 Å². The third-order valence-electron chi connectivity index (χ3n) is 4.44. The van der Waals surface area contributed by atoms with Crippen LogP contribution in [0.4, 0.5) is 0 Å². The predicted octanol–water partition coefficient (Wildman–Crippen LogP) is 0.707. The first-order chi connectivity index (χ1) is 8.78. The maximum Gasteiger partial charge on any atom is 0.0547 e. The molecule has 0 amide bonds. The highest BCUT2D eigenvalue weighted by atomic mass is 16.5. The molecule has 2 rings (SSSR count). The van der Waals surface area contributed by atoms with Gasteiger partial charge in [0.15, 0.2) is 0 Å². The highest BCUT2D eigenvalue weighted by Crippen LogP contribution is 2.31. The lowest BCUT2D eigenvalue weighted by molar-refractivity contribution is 0.0775. The van der Waals surface area contributed by atoms with E-state index in [2.05, 4.69) is 10.2 Å². The molecular weight excluding hydrogens is 228 g/mol. The molecule has 0 saturated carbocycles. The van der Waals surface area contributed by atoms with E-state index >= 15 is 0 Å². The van der Waals surface area contributed by atoms with Crippen LogP contribution in [0.1, 0.15) is 25.7 Å². The fraction of sp³-hybridized carbons (Fsp3) is 1.00. The number of rotatable bonds is 6. The summed E-state index contributed by atoms with van der Waals surface area (Å²) >= 11 is 0. The van der Waals surface area contributed by atoms with Gasteiger partial charge in [0.1, 0.15) is 0 Å². The fourth-order valence-electron chi connectivity index (χ4n) is 3.53. The molecule has 2 aliphatic heterocycles. The number of aliphatic hydroxyl groups is 1. The normalized spacial score (nSPS) is 34.0. The number of likely N-dealkylation sites (tertiary alicyclic amines) is 1. The maximum absolute atomic E-state index is 9.08. The second kappa shape index (κ2) is 6.85. The number of piperidine rings is 1.